The van der Waals surface area contributed by atoms with Gasteiger partial charge < -0.3 is 1.43 Å². The Morgan fingerprint density at radius 2 is 2.33 bits per heavy atom. The summed E-state index contributed by atoms with van der Waals surface area (Å²) in [6.45, 7) is 2.38. The minimum absolute atomic E-state index is 0. The Morgan fingerprint density at radius 1 is 1.83 bits per heavy atom. The van der Waals surface area contributed by atoms with Crippen LogP contribution in [0.2, 0.25) is 0 Å². The molecule has 0 aromatic carbocycles. The smallest absolute Gasteiger partial charge is 1.00 e. The molecule has 0 unspecified atom stereocenters. The van der Waals surface area contributed by atoms with Crippen molar-refractivity contribution in [3.63, 3.8) is 0 Å². The summed E-state index contributed by atoms with van der Waals surface area (Å²) in [6, 6.07) is 0. The van der Waals surface area contributed by atoms with Gasteiger partial charge >= 0.3 is 29.6 Å². The molecule has 0 radical (unpaired) electrons. The van der Waals surface area contributed by atoms with Crippen LogP contribution in [0.5, 0.6) is 0 Å². The minimum Gasteiger partial charge on any atom is -1.00 e. The quantitative estimate of drug-likeness (QED) is 0.297. The zero-order chi connectivity index (χ0) is 4.12. The van der Waals surface area contributed by atoms with Gasteiger partial charge in [0.1, 0.15) is 0 Å². The fraction of sp³-hybridized carbons (Fsp3) is 1.00. The topological polar surface area (TPSA) is 29.4 Å². The largest absolute Gasteiger partial charge is 1.00 e. The van der Waals surface area contributed by atoms with E-state index in [0.29, 0.717) is 6.54 Å². The molecule has 0 aromatic rings. The minimum atomic E-state index is 0. The Balaban J connectivity index is -0.0000000800. The summed E-state index contributed by atoms with van der Waals surface area (Å²) in [4.78, 5) is 9.15. The van der Waals surface area contributed by atoms with Crippen LogP contribution in [-0.2, 0) is 0 Å². The first-order valence-corrected chi connectivity index (χ1v) is 1.71. The molecule has 0 aliphatic carbocycles. The van der Waals surface area contributed by atoms with Crippen LogP contribution in [0.25, 0.3) is 0 Å². The Hall–Kier alpha value is 0.600. The summed E-state index contributed by atoms with van der Waals surface area (Å²) in [5, 5.41) is 2.60. The monoisotopic (exact) mass is 97.1 g/mol. The summed E-state index contributed by atoms with van der Waals surface area (Å²) in [5.41, 5.74) is 0. The molecule has 0 saturated heterocycles. The molecule has 2 nitrogen and oxygen atoms in total. The van der Waals surface area contributed by atoms with Crippen LogP contribution in [0, 0.1) is 4.91 Å². The van der Waals surface area contributed by atoms with Gasteiger partial charge in [-0.1, -0.05) is 12.1 Å². The van der Waals surface area contributed by atoms with E-state index < -0.39 is 0 Å². The molecule has 0 fully saturated rings. The van der Waals surface area contributed by atoms with Crippen molar-refractivity contribution >= 4 is 0 Å². The first kappa shape index (κ1) is 9.78. The number of nitrogens with zero attached hydrogens (tertiary/aromatic N) is 1. The molecule has 0 aliphatic rings. The van der Waals surface area contributed by atoms with Gasteiger partial charge in [-0.25, -0.2) is 0 Å². The van der Waals surface area contributed by atoms with Crippen molar-refractivity contribution in [1.29, 1.82) is 0 Å². The molecule has 0 bridgehead atoms. The molecule has 0 spiro atoms. The Labute approximate surface area is 61.1 Å². The van der Waals surface area contributed by atoms with E-state index in [1.807, 2.05) is 6.92 Å². The standard InChI is InChI=1S/C3H7NO.Na.H/c1-2-3-4-5;;/h2-3H2,1H3;;/q;+1;-1. The van der Waals surface area contributed by atoms with Gasteiger partial charge in [-0.05, 0) is 6.42 Å². The van der Waals surface area contributed by atoms with Crippen LogP contribution >= 0.6 is 0 Å². The summed E-state index contributed by atoms with van der Waals surface area (Å²) < 4.78 is 0. The van der Waals surface area contributed by atoms with Crippen LogP contribution in [0.1, 0.15) is 14.8 Å². The zero-order valence-corrected chi connectivity index (χ0v) is 6.27. The molecule has 0 atom stereocenters. The molecule has 0 aromatic heterocycles. The summed E-state index contributed by atoms with van der Waals surface area (Å²) >= 11 is 0. The maximum atomic E-state index is 9.15. The van der Waals surface area contributed by atoms with Crippen molar-refractivity contribution in [1.82, 2.24) is 0 Å². The number of hydrogen-bond donors (Lipinski definition) is 0. The Morgan fingerprint density at radius 3 is 2.33 bits per heavy atom. The second-order valence-electron chi connectivity index (χ2n) is 0.853. The molecular formula is C3H8NNaO. The van der Waals surface area contributed by atoms with Gasteiger partial charge in [0, 0.05) is 0 Å². The normalized spacial score (nSPS) is 6.17. The number of rotatable bonds is 2. The van der Waals surface area contributed by atoms with Gasteiger partial charge in [-0.15, -0.1) is 0 Å². The maximum Gasteiger partial charge on any atom is 1.00 e. The third-order valence-electron chi connectivity index (χ3n) is 0.315. The predicted molar refractivity (Wildman–Crippen MR) is 22.1 cm³/mol. The average molecular weight is 97.1 g/mol. The van der Waals surface area contributed by atoms with Gasteiger partial charge in [0.25, 0.3) is 0 Å². The molecule has 0 N–H and O–H groups in total. The van der Waals surface area contributed by atoms with Crippen molar-refractivity contribution in [3.05, 3.63) is 4.91 Å². The van der Waals surface area contributed by atoms with Crippen molar-refractivity contribution in [3.8, 4) is 0 Å². The van der Waals surface area contributed by atoms with E-state index in [4.69, 9.17) is 4.91 Å². The van der Waals surface area contributed by atoms with Crippen molar-refractivity contribution < 1.29 is 31.0 Å². The average Bonchev–Trinajstić information content (AvgIpc) is 1.41. The SMILES string of the molecule is CCCN=O.[H-].[Na+]. The third-order valence-corrected chi connectivity index (χ3v) is 0.315. The maximum absolute atomic E-state index is 9.15. The third kappa shape index (κ3) is 8.82. The fourth-order valence-corrected chi connectivity index (χ4v) is 0.0913. The molecule has 0 rings (SSSR count). The van der Waals surface area contributed by atoms with E-state index >= 15 is 0 Å². The van der Waals surface area contributed by atoms with Crippen LogP contribution in [0.15, 0.2) is 5.18 Å². The molecule has 0 heterocycles. The van der Waals surface area contributed by atoms with Gasteiger partial charge in [0.05, 0.1) is 6.54 Å². The van der Waals surface area contributed by atoms with Crippen LogP contribution in [-0.4, -0.2) is 6.54 Å². The van der Waals surface area contributed by atoms with Gasteiger partial charge in [-0.2, -0.15) is 4.91 Å². The number of nitroso groups, excluding NO2 is 1. The van der Waals surface area contributed by atoms with Gasteiger partial charge in [-0.3, -0.25) is 0 Å². The summed E-state index contributed by atoms with van der Waals surface area (Å²) in [7, 11) is 0. The van der Waals surface area contributed by atoms with E-state index in [0.717, 1.165) is 6.42 Å². The first-order chi connectivity index (χ1) is 2.41. The molecule has 6 heavy (non-hydrogen) atoms. The van der Waals surface area contributed by atoms with E-state index in [1.54, 1.807) is 0 Å². The second kappa shape index (κ2) is 9.14. The van der Waals surface area contributed by atoms with E-state index in [9.17, 15) is 0 Å². The van der Waals surface area contributed by atoms with E-state index in [1.165, 1.54) is 0 Å². The molecule has 3 heteroatoms. The molecular weight excluding hydrogens is 89.0 g/mol. The molecule has 0 amide bonds. The fourth-order valence-electron chi connectivity index (χ4n) is 0.0913. The summed E-state index contributed by atoms with van der Waals surface area (Å²) in [5.74, 6) is 0. The van der Waals surface area contributed by atoms with E-state index in [2.05, 4.69) is 5.18 Å². The molecule has 0 saturated carbocycles. The van der Waals surface area contributed by atoms with Crippen molar-refractivity contribution in [2.24, 2.45) is 5.18 Å². The van der Waals surface area contributed by atoms with Crippen molar-refractivity contribution in [2.75, 3.05) is 6.54 Å². The first-order valence-electron chi connectivity index (χ1n) is 1.71. The van der Waals surface area contributed by atoms with Gasteiger partial charge in [0.15, 0.2) is 0 Å². The van der Waals surface area contributed by atoms with E-state index in [-0.39, 0.29) is 31.0 Å². The predicted octanol–water partition coefficient (Wildman–Crippen LogP) is -1.72. The summed E-state index contributed by atoms with van der Waals surface area (Å²) in [6.07, 6.45) is 0.865. The van der Waals surface area contributed by atoms with Crippen LogP contribution < -0.4 is 29.6 Å². The molecule has 32 valence electrons. The Kier molecular flexibility index (Phi) is 14.9. The van der Waals surface area contributed by atoms with Crippen molar-refractivity contribution in [2.45, 2.75) is 13.3 Å². The second-order valence-corrected chi connectivity index (χ2v) is 0.853. The van der Waals surface area contributed by atoms with Crippen LogP contribution in [0.4, 0.5) is 0 Å². The zero-order valence-electron chi connectivity index (χ0n) is 5.27. The van der Waals surface area contributed by atoms with Gasteiger partial charge in [0.2, 0.25) is 0 Å². The molecule has 0 aliphatic heterocycles. The Bertz CT molecular complexity index is 36.1. The van der Waals surface area contributed by atoms with Crippen LogP contribution in [0.3, 0.4) is 0 Å². The number of hydrogen-bond acceptors (Lipinski definition) is 2.